The summed E-state index contributed by atoms with van der Waals surface area (Å²) in [7, 11) is 1.23. The Morgan fingerprint density at radius 3 is 2.30 bits per heavy atom. The third-order valence-corrected chi connectivity index (χ3v) is 5.72. The maximum absolute atomic E-state index is 13.1. The largest absolute Gasteiger partial charge is 0.494 e. The monoisotopic (exact) mass is 519 g/mol. The molecule has 9 nitrogen and oxygen atoms in total. The van der Waals surface area contributed by atoms with Gasteiger partial charge in [-0.1, -0.05) is 23.7 Å². The molecule has 2 N–H and O–H groups in total. The zero-order valence-corrected chi connectivity index (χ0v) is 20.7. The van der Waals surface area contributed by atoms with Crippen molar-refractivity contribution in [3.63, 3.8) is 0 Å². The van der Waals surface area contributed by atoms with E-state index in [1.165, 1.54) is 37.4 Å². The molecule has 0 fully saturated rings. The van der Waals surface area contributed by atoms with Gasteiger partial charge in [-0.25, -0.2) is 9.69 Å². The van der Waals surface area contributed by atoms with Gasteiger partial charge in [-0.2, -0.15) is 0 Å². The predicted molar refractivity (Wildman–Crippen MR) is 139 cm³/mol. The van der Waals surface area contributed by atoms with Crippen molar-refractivity contribution in [3.8, 4) is 5.75 Å². The molecule has 3 aromatic carbocycles. The van der Waals surface area contributed by atoms with E-state index in [1.807, 2.05) is 6.92 Å². The second-order valence-electron chi connectivity index (χ2n) is 7.79. The molecule has 0 radical (unpaired) electrons. The Hall–Kier alpha value is -4.63. The van der Waals surface area contributed by atoms with Gasteiger partial charge in [0.05, 0.1) is 25.0 Å². The second-order valence-corrected chi connectivity index (χ2v) is 8.17. The van der Waals surface area contributed by atoms with Crippen LogP contribution in [0.4, 0.5) is 17.1 Å². The van der Waals surface area contributed by atoms with Gasteiger partial charge >= 0.3 is 5.97 Å². The summed E-state index contributed by atoms with van der Waals surface area (Å²) < 4.78 is 10.1. The summed E-state index contributed by atoms with van der Waals surface area (Å²) in [6.45, 7) is 2.42. The highest BCUT2D eigenvalue weighted by Crippen LogP contribution is 2.31. The lowest BCUT2D eigenvalue weighted by Crippen LogP contribution is -2.32. The van der Waals surface area contributed by atoms with Crippen molar-refractivity contribution in [2.45, 2.75) is 6.92 Å². The number of nitrogens with one attached hydrogen (secondary N) is 2. The molecule has 0 atom stereocenters. The van der Waals surface area contributed by atoms with Crippen LogP contribution in [0.3, 0.4) is 0 Å². The summed E-state index contributed by atoms with van der Waals surface area (Å²) >= 11 is 6.22. The van der Waals surface area contributed by atoms with E-state index in [2.05, 4.69) is 10.6 Å². The van der Waals surface area contributed by atoms with E-state index >= 15 is 0 Å². The number of rotatable bonds is 8. The first-order valence-electron chi connectivity index (χ1n) is 11.2. The second kappa shape index (κ2) is 11.0. The van der Waals surface area contributed by atoms with Crippen molar-refractivity contribution in [2.24, 2.45) is 0 Å². The van der Waals surface area contributed by atoms with Crippen LogP contribution in [0.15, 0.2) is 83.5 Å². The molecular formula is C27H22ClN3O6. The molecule has 0 saturated carbocycles. The number of esters is 1. The third kappa shape index (κ3) is 5.46. The zero-order chi connectivity index (χ0) is 26.5. The first-order chi connectivity index (χ1) is 17.8. The summed E-state index contributed by atoms with van der Waals surface area (Å²) in [6.07, 6.45) is 0. The lowest BCUT2D eigenvalue weighted by molar-refractivity contribution is -0.120. The molecule has 0 aromatic heterocycles. The number of imide groups is 1. The van der Waals surface area contributed by atoms with Crippen molar-refractivity contribution in [2.75, 3.05) is 29.3 Å². The van der Waals surface area contributed by atoms with Gasteiger partial charge in [-0.05, 0) is 67.6 Å². The van der Waals surface area contributed by atoms with E-state index in [4.69, 9.17) is 21.1 Å². The Balaban J connectivity index is 1.50. The number of methoxy groups -OCH3 is 1. The van der Waals surface area contributed by atoms with E-state index in [-0.39, 0.29) is 27.9 Å². The van der Waals surface area contributed by atoms with Crippen LogP contribution in [0.5, 0.6) is 5.75 Å². The minimum atomic E-state index is -0.749. The van der Waals surface area contributed by atoms with E-state index < -0.39 is 17.8 Å². The number of nitrogens with zero attached hydrogens (tertiary/aromatic N) is 1. The van der Waals surface area contributed by atoms with Gasteiger partial charge in [0.15, 0.2) is 0 Å². The van der Waals surface area contributed by atoms with Crippen molar-refractivity contribution in [1.29, 1.82) is 0 Å². The smallest absolute Gasteiger partial charge is 0.337 e. The molecule has 3 amide bonds. The van der Waals surface area contributed by atoms with Gasteiger partial charge < -0.3 is 20.1 Å². The minimum absolute atomic E-state index is 0.154. The molecule has 0 bridgehead atoms. The molecule has 0 spiro atoms. The Bertz CT molecular complexity index is 1420. The van der Waals surface area contributed by atoms with Gasteiger partial charge in [-0.15, -0.1) is 0 Å². The van der Waals surface area contributed by atoms with Gasteiger partial charge in [0.1, 0.15) is 16.5 Å². The van der Waals surface area contributed by atoms with Crippen LogP contribution >= 0.6 is 11.6 Å². The quantitative estimate of drug-likeness (QED) is 0.331. The number of hydrogen-bond donors (Lipinski definition) is 2. The Morgan fingerprint density at radius 2 is 1.59 bits per heavy atom. The lowest BCUT2D eigenvalue weighted by Gasteiger charge is -2.16. The number of benzene rings is 3. The molecule has 4 rings (SSSR count). The molecule has 37 heavy (non-hydrogen) atoms. The number of carbonyl (C=O) groups excluding carboxylic acids is 4. The highest BCUT2D eigenvalue weighted by molar-refractivity contribution is 6.53. The Labute approximate surface area is 217 Å². The average molecular weight is 520 g/mol. The van der Waals surface area contributed by atoms with Gasteiger partial charge in [-0.3, -0.25) is 14.4 Å². The van der Waals surface area contributed by atoms with Crippen LogP contribution in [-0.4, -0.2) is 37.4 Å². The SMILES string of the molecule is CCOc1ccc(NC(=O)c2cccc(NC3=C(Cl)C(=O)N(c4cccc(C(=O)OC)c4)C3=O)c2)cc1. The summed E-state index contributed by atoms with van der Waals surface area (Å²) in [6, 6.07) is 19.2. The van der Waals surface area contributed by atoms with Crippen LogP contribution in [-0.2, 0) is 14.3 Å². The average Bonchev–Trinajstić information content (AvgIpc) is 3.12. The maximum Gasteiger partial charge on any atom is 0.337 e. The summed E-state index contributed by atoms with van der Waals surface area (Å²) in [5, 5.41) is 5.32. The van der Waals surface area contributed by atoms with E-state index in [0.717, 1.165) is 4.90 Å². The fraction of sp³-hybridized carbons (Fsp3) is 0.111. The molecule has 1 aliphatic rings. The van der Waals surface area contributed by atoms with Crippen molar-refractivity contribution in [1.82, 2.24) is 0 Å². The first-order valence-corrected chi connectivity index (χ1v) is 11.6. The standard InChI is InChI=1S/C27H22ClN3O6/c1-3-37-21-12-10-18(11-13-21)30-24(32)16-6-4-8-19(14-16)29-23-22(28)25(33)31(26(23)34)20-9-5-7-17(15-20)27(35)36-2/h4-15,29H,3H2,1-2H3,(H,30,32). The molecule has 10 heteroatoms. The highest BCUT2D eigenvalue weighted by atomic mass is 35.5. The Morgan fingerprint density at radius 1 is 0.892 bits per heavy atom. The predicted octanol–water partition coefficient (Wildman–Crippen LogP) is 4.56. The van der Waals surface area contributed by atoms with Crippen LogP contribution < -0.4 is 20.3 Å². The fourth-order valence-corrected chi connectivity index (χ4v) is 3.84. The van der Waals surface area contributed by atoms with E-state index in [9.17, 15) is 19.2 Å². The molecule has 0 unspecified atom stereocenters. The van der Waals surface area contributed by atoms with Gasteiger partial charge in [0.2, 0.25) is 0 Å². The van der Waals surface area contributed by atoms with E-state index in [0.29, 0.717) is 29.3 Å². The normalized spacial score (nSPS) is 13.0. The summed E-state index contributed by atoms with van der Waals surface area (Å²) in [5.41, 5.74) is 1.45. The number of anilines is 3. The minimum Gasteiger partial charge on any atom is -0.494 e. The van der Waals surface area contributed by atoms with Gasteiger partial charge in [0, 0.05) is 16.9 Å². The number of carbonyl (C=O) groups is 4. The molecule has 188 valence electrons. The number of ether oxygens (including phenoxy) is 2. The molecular weight excluding hydrogens is 498 g/mol. The number of halogens is 1. The summed E-state index contributed by atoms with van der Waals surface area (Å²) in [4.78, 5) is 51.4. The topological polar surface area (TPSA) is 114 Å². The number of amides is 3. The van der Waals surface area contributed by atoms with Crippen molar-refractivity contribution >= 4 is 52.4 Å². The Kier molecular flexibility index (Phi) is 7.55. The van der Waals surface area contributed by atoms with E-state index in [1.54, 1.807) is 42.5 Å². The van der Waals surface area contributed by atoms with Gasteiger partial charge in [0.25, 0.3) is 17.7 Å². The molecule has 1 aliphatic heterocycles. The zero-order valence-electron chi connectivity index (χ0n) is 19.9. The molecule has 1 heterocycles. The van der Waals surface area contributed by atoms with Crippen molar-refractivity contribution < 1.29 is 28.7 Å². The number of hydrogen-bond acceptors (Lipinski definition) is 7. The third-order valence-electron chi connectivity index (χ3n) is 5.37. The maximum atomic E-state index is 13.1. The highest BCUT2D eigenvalue weighted by Gasteiger charge is 2.39. The molecule has 0 saturated heterocycles. The van der Waals surface area contributed by atoms with Crippen LogP contribution in [0.25, 0.3) is 0 Å². The summed E-state index contributed by atoms with van der Waals surface area (Å²) in [5.74, 6) is -1.75. The molecule has 3 aromatic rings. The van der Waals surface area contributed by atoms with Crippen LogP contribution in [0, 0.1) is 0 Å². The fourth-order valence-electron chi connectivity index (χ4n) is 3.62. The lowest BCUT2D eigenvalue weighted by atomic mass is 10.1. The van der Waals surface area contributed by atoms with Crippen LogP contribution in [0.1, 0.15) is 27.6 Å². The molecule has 0 aliphatic carbocycles. The first kappa shape index (κ1) is 25.5. The van der Waals surface area contributed by atoms with Crippen molar-refractivity contribution in [3.05, 3.63) is 94.7 Å². The van der Waals surface area contributed by atoms with Crippen LogP contribution in [0.2, 0.25) is 0 Å².